The number of carbonyl (C=O) groups excluding carboxylic acids is 1. The summed E-state index contributed by atoms with van der Waals surface area (Å²) in [5.41, 5.74) is 0. The van der Waals surface area contributed by atoms with E-state index in [2.05, 4.69) is 38.2 Å². The molecule has 4 nitrogen and oxygen atoms in total. The first-order valence-corrected chi connectivity index (χ1v) is 20.3. The van der Waals surface area contributed by atoms with Gasteiger partial charge in [0, 0.05) is 12.8 Å². The normalized spacial score (nSPS) is 12.4. The molecule has 0 saturated carbocycles. The van der Waals surface area contributed by atoms with Crippen molar-refractivity contribution >= 4 is 11.9 Å². The number of carboxylic acid groups (broad SMARTS) is 1. The summed E-state index contributed by atoms with van der Waals surface area (Å²) < 4.78 is 6.02. The molecule has 0 radical (unpaired) electrons. The second kappa shape index (κ2) is 37.9. The lowest BCUT2D eigenvalue weighted by molar-refractivity contribution is -0.150. The van der Waals surface area contributed by atoms with Gasteiger partial charge in [0.2, 0.25) is 0 Å². The number of esters is 1. The number of carbonyl (C=O) groups is 2. The Morgan fingerprint density at radius 2 is 0.848 bits per heavy atom. The van der Waals surface area contributed by atoms with Crippen LogP contribution in [0.5, 0.6) is 0 Å². The molecule has 0 amide bonds. The van der Waals surface area contributed by atoms with Crippen LogP contribution < -0.4 is 0 Å². The average molecular weight is 647 g/mol. The monoisotopic (exact) mass is 647 g/mol. The summed E-state index contributed by atoms with van der Waals surface area (Å²) in [5.74, 6) is -0.635. The van der Waals surface area contributed by atoms with Gasteiger partial charge in [0.25, 0.3) is 0 Å². The molecule has 0 aliphatic carbocycles. The lowest BCUT2D eigenvalue weighted by Gasteiger charge is -2.18. The first-order valence-electron chi connectivity index (χ1n) is 20.3. The van der Waals surface area contributed by atoms with Crippen LogP contribution in [0.3, 0.4) is 0 Å². The Kier molecular flexibility index (Phi) is 36.6. The Labute approximate surface area is 287 Å². The molecule has 0 aromatic heterocycles. The molecule has 0 saturated heterocycles. The second-order valence-electron chi connectivity index (χ2n) is 13.8. The van der Waals surface area contributed by atoms with Crippen molar-refractivity contribution in [3.05, 3.63) is 24.3 Å². The highest BCUT2D eigenvalue weighted by atomic mass is 16.5. The summed E-state index contributed by atoms with van der Waals surface area (Å²) >= 11 is 0. The van der Waals surface area contributed by atoms with Gasteiger partial charge < -0.3 is 9.84 Å². The molecule has 0 bridgehead atoms. The van der Waals surface area contributed by atoms with Gasteiger partial charge in [0.05, 0.1) is 0 Å². The minimum Gasteiger partial charge on any atom is -0.481 e. The molecule has 0 spiro atoms. The van der Waals surface area contributed by atoms with E-state index in [0.29, 0.717) is 12.8 Å². The van der Waals surface area contributed by atoms with Crippen LogP contribution in [0.2, 0.25) is 0 Å². The minimum atomic E-state index is -0.667. The summed E-state index contributed by atoms with van der Waals surface area (Å²) in [5, 5.41) is 8.69. The van der Waals surface area contributed by atoms with Crippen molar-refractivity contribution in [1.29, 1.82) is 0 Å². The maximum atomic E-state index is 12.6. The van der Waals surface area contributed by atoms with E-state index in [1.807, 2.05) is 0 Å². The highest BCUT2D eigenvalue weighted by Gasteiger charge is 2.14. The van der Waals surface area contributed by atoms with Gasteiger partial charge in [0.15, 0.2) is 0 Å². The third kappa shape index (κ3) is 36.9. The van der Waals surface area contributed by atoms with Crippen molar-refractivity contribution in [3.63, 3.8) is 0 Å². The van der Waals surface area contributed by atoms with Crippen LogP contribution in [0, 0.1) is 0 Å². The lowest BCUT2D eigenvalue weighted by atomic mass is 10.0. The van der Waals surface area contributed by atoms with Crippen molar-refractivity contribution in [3.8, 4) is 0 Å². The smallest absolute Gasteiger partial charge is 0.306 e. The first kappa shape index (κ1) is 44.4. The SMILES string of the molecule is CCCCC/C=C\C/C=C\CCCCCCCC(=O)OC(CCCCCCC)CCCCCCCCCCCCCCCC(=O)O. The maximum absolute atomic E-state index is 12.6. The molecule has 0 fully saturated rings. The third-order valence-electron chi connectivity index (χ3n) is 9.18. The van der Waals surface area contributed by atoms with E-state index in [1.165, 1.54) is 154 Å². The zero-order valence-corrected chi connectivity index (χ0v) is 30.9. The Morgan fingerprint density at radius 1 is 0.478 bits per heavy atom. The van der Waals surface area contributed by atoms with Gasteiger partial charge in [-0.15, -0.1) is 0 Å². The van der Waals surface area contributed by atoms with Crippen LogP contribution in [0.15, 0.2) is 24.3 Å². The Morgan fingerprint density at radius 3 is 1.33 bits per heavy atom. The number of aliphatic carboxylic acids is 1. The van der Waals surface area contributed by atoms with Gasteiger partial charge in [0.1, 0.15) is 6.10 Å². The summed E-state index contributed by atoms with van der Waals surface area (Å²) in [6.07, 6.45) is 47.9. The number of hydrogen-bond donors (Lipinski definition) is 1. The van der Waals surface area contributed by atoms with E-state index >= 15 is 0 Å². The van der Waals surface area contributed by atoms with Crippen LogP contribution in [-0.4, -0.2) is 23.1 Å². The first-order chi connectivity index (χ1) is 22.6. The summed E-state index contributed by atoms with van der Waals surface area (Å²) in [4.78, 5) is 23.2. The van der Waals surface area contributed by atoms with E-state index in [1.54, 1.807) is 0 Å². The van der Waals surface area contributed by atoms with Crippen LogP contribution in [0.25, 0.3) is 0 Å². The van der Waals surface area contributed by atoms with Gasteiger partial charge in [-0.1, -0.05) is 167 Å². The van der Waals surface area contributed by atoms with Crippen molar-refractivity contribution in [1.82, 2.24) is 0 Å². The quantitative estimate of drug-likeness (QED) is 0.0414. The number of hydrogen-bond acceptors (Lipinski definition) is 3. The standard InChI is InChI=1S/C42H78O4/c1-3-5-7-9-10-11-12-13-14-18-21-24-27-31-35-39-42(45)46-40(36-32-28-8-6-4-2)37-33-29-25-22-19-16-15-17-20-23-26-30-34-38-41(43)44/h10-11,13-14,40H,3-9,12,15-39H2,1-2H3,(H,43,44)/b11-10-,14-13-. The van der Waals surface area contributed by atoms with Crippen LogP contribution >= 0.6 is 0 Å². The number of allylic oxidation sites excluding steroid dienone is 4. The second-order valence-corrected chi connectivity index (χ2v) is 13.8. The Balaban J connectivity index is 3.88. The average Bonchev–Trinajstić information content (AvgIpc) is 3.04. The fraction of sp³-hybridized carbons (Fsp3) is 0.857. The Hall–Kier alpha value is -1.58. The fourth-order valence-corrected chi connectivity index (χ4v) is 6.16. The number of unbranched alkanes of at least 4 members (excludes halogenated alkanes) is 24. The maximum Gasteiger partial charge on any atom is 0.306 e. The van der Waals surface area contributed by atoms with Gasteiger partial charge in [-0.05, 0) is 70.6 Å². The molecule has 1 N–H and O–H groups in total. The van der Waals surface area contributed by atoms with Crippen molar-refractivity contribution in [2.45, 2.75) is 232 Å². The molecule has 0 aromatic carbocycles. The number of ether oxygens (including phenoxy) is 1. The highest BCUT2D eigenvalue weighted by molar-refractivity contribution is 5.69. The van der Waals surface area contributed by atoms with E-state index in [0.717, 1.165) is 44.9 Å². The molecule has 1 atom stereocenters. The van der Waals surface area contributed by atoms with Gasteiger partial charge in [-0.25, -0.2) is 0 Å². The summed E-state index contributed by atoms with van der Waals surface area (Å²) in [7, 11) is 0. The molecule has 1 unspecified atom stereocenters. The predicted octanol–water partition coefficient (Wildman–Crippen LogP) is 14.0. The third-order valence-corrected chi connectivity index (χ3v) is 9.18. The summed E-state index contributed by atoms with van der Waals surface area (Å²) in [6.45, 7) is 4.51. The molecular weight excluding hydrogens is 568 g/mol. The van der Waals surface area contributed by atoms with Gasteiger partial charge in [-0.2, -0.15) is 0 Å². The van der Waals surface area contributed by atoms with Crippen molar-refractivity contribution < 1.29 is 19.4 Å². The van der Waals surface area contributed by atoms with Gasteiger partial charge in [-0.3, -0.25) is 9.59 Å². The molecular formula is C42H78O4. The van der Waals surface area contributed by atoms with Crippen LogP contribution in [0.4, 0.5) is 0 Å². The van der Waals surface area contributed by atoms with E-state index in [4.69, 9.17) is 9.84 Å². The molecule has 0 heterocycles. The molecule has 270 valence electrons. The van der Waals surface area contributed by atoms with Crippen LogP contribution in [0.1, 0.15) is 226 Å². The van der Waals surface area contributed by atoms with Crippen LogP contribution in [-0.2, 0) is 14.3 Å². The predicted molar refractivity (Wildman–Crippen MR) is 200 cm³/mol. The highest BCUT2D eigenvalue weighted by Crippen LogP contribution is 2.19. The number of carboxylic acids is 1. The number of rotatable bonds is 37. The van der Waals surface area contributed by atoms with E-state index in [9.17, 15) is 9.59 Å². The topological polar surface area (TPSA) is 63.6 Å². The molecule has 0 rings (SSSR count). The Bertz CT molecular complexity index is 698. The summed E-state index contributed by atoms with van der Waals surface area (Å²) in [6, 6.07) is 0. The zero-order chi connectivity index (χ0) is 33.6. The van der Waals surface area contributed by atoms with E-state index in [-0.39, 0.29) is 12.1 Å². The zero-order valence-electron chi connectivity index (χ0n) is 30.9. The van der Waals surface area contributed by atoms with Crippen molar-refractivity contribution in [2.75, 3.05) is 0 Å². The molecule has 0 aliphatic heterocycles. The van der Waals surface area contributed by atoms with E-state index < -0.39 is 5.97 Å². The van der Waals surface area contributed by atoms with Gasteiger partial charge >= 0.3 is 11.9 Å². The molecule has 0 aliphatic rings. The minimum absolute atomic E-state index is 0.0319. The largest absolute Gasteiger partial charge is 0.481 e. The molecule has 0 aromatic rings. The lowest BCUT2D eigenvalue weighted by Crippen LogP contribution is -2.18. The molecule has 4 heteroatoms. The fourth-order valence-electron chi connectivity index (χ4n) is 6.16. The van der Waals surface area contributed by atoms with Crippen molar-refractivity contribution in [2.24, 2.45) is 0 Å². The molecule has 46 heavy (non-hydrogen) atoms.